The Morgan fingerprint density at radius 1 is 1.26 bits per heavy atom. The topological polar surface area (TPSA) is 123 Å². The number of nitrogens with one attached hydrogen (secondary N) is 2. The Balaban J connectivity index is 1.50. The quantitative estimate of drug-likeness (QED) is 0.549. The number of hydrogen-bond donors (Lipinski definition) is 2. The van der Waals surface area contributed by atoms with Gasteiger partial charge in [0.2, 0.25) is 0 Å². The molecular weight excluding hydrogens is 469 g/mol. The zero-order valence-corrected chi connectivity index (χ0v) is 17.8. The predicted molar refractivity (Wildman–Crippen MR) is 116 cm³/mol. The van der Waals surface area contributed by atoms with Gasteiger partial charge in [-0.25, -0.2) is 32.3 Å². The zero-order chi connectivity index (χ0) is 22.2. The molecule has 0 radical (unpaired) electrons. The number of anilines is 1. The second-order valence-corrected chi connectivity index (χ2v) is 10.3. The fraction of sp³-hybridized carbons (Fsp3) is 0.111. The second-order valence-electron chi connectivity index (χ2n) is 6.33. The highest BCUT2D eigenvalue weighted by atomic mass is 35.5. The third kappa shape index (κ3) is 4.55. The number of carbonyl (C=O) groups is 1. The number of nitrogens with zero attached hydrogens (tertiary/aromatic N) is 3. The molecule has 9 nitrogen and oxygen atoms in total. The van der Waals surface area contributed by atoms with E-state index < -0.39 is 32.1 Å². The maximum absolute atomic E-state index is 13.5. The van der Waals surface area contributed by atoms with Crippen molar-refractivity contribution in [3.63, 3.8) is 0 Å². The summed E-state index contributed by atoms with van der Waals surface area (Å²) in [6.07, 6.45) is 4.32. The van der Waals surface area contributed by atoms with Crippen molar-refractivity contribution in [1.82, 2.24) is 19.3 Å². The van der Waals surface area contributed by atoms with Crippen molar-refractivity contribution in [2.24, 2.45) is 0 Å². The van der Waals surface area contributed by atoms with Crippen molar-refractivity contribution in [2.75, 3.05) is 5.32 Å². The van der Waals surface area contributed by atoms with Gasteiger partial charge >= 0.3 is 6.03 Å². The van der Waals surface area contributed by atoms with Crippen LogP contribution >= 0.6 is 23.4 Å². The molecule has 160 valence electrons. The van der Waals surface area contributed by atoms with Crippen LogP contribution in [-0.2, 0) is 10.0 Å². The minimum atomic E-state index is -4.02. The van der Waals surface area contributed by atoms with Crippen molar-refractivity contribution in [3.8, 4) is 5.82 Å². The van der Waals surface area contributed by atoms with E-state index in [1.165, 1.54) is 42.9 Å². The van der Waals surface area contributed by atoms with E-state index in [4.69, 9.17) is 11.6 Å². The summed E-state index contributed by atoms with van der Waals surface area (Å²) in [7, 11) is -4.02. The molecule has 0 saturated heterocycles. The van der Waals surface area contributed by atoms with Gasteiger partial charge in [0, 0.05) is 0 Å². The first-order chi connectivity index (χ1) is 14.7. The molecule has 3 aromatic rings. The molecule has 0 aliphatic carbocycles. The third-order valence-electron chi connectivity index (χ3n) is 4.18. The summed E-state index contributed by atoms with van der Waals surface area (Å²) in [5.41, 5.74) is 0.0175. The predicted octanol–water partition coefficient (Wildman–Crippen LogP) is 2.91. The highest BCUT2D eigenvalue weighted by molar-refractivity contribution is 8.19. The van der Waals surface area contributed by atoms with Crippen LogP contribution in [0.25, 0.3) is 16.7 Å². The van der Waals surface area contributed by atoms with Crippen LogP contribution in [0.1, 0.15) is 6.42 Å². The number of thioether (sulfide) groups is 1. The summed E-state index contributed by atoms with van der Waals surface area (Å²) >= 11 is 6.80. The summed E-state index contributed by atoms with van der Waals surface area (Å²) in [6.45, 7) is 0. The number of hydrogen-bond acceptors (Lipinski definition) is 7. The molecule has 4 rings (SSSR count). The highest BCUT2D eigenvalue weighted by Crippen LogP contribution is 2.37. The van der Waals surface area contributed by atoms with Crippen LogP contribution in [-0.4, -0.2) is 33.7 Å². The standard InChI is InChI=1S/C18H13ClFN5O4S2/c19-14-4-6-16(30-14)31(28,29)24-18(27)23-11-2-5-15(21-8-11)25-9-22-13-3-1-10(20)7-12(13)17(25)26/h1-3,5-9,14H,4H2,(H2,23,24,27). The lowest BCUT2D eigenvalue weighted by Gasteiger charge is -2.10. The average Bonchev–Trinajstić information content (AvgIpc) is 3.16. The molecule has 0 bridgehead atoms. The molecule has 0 spiro atoms. The van der Waals surface area contributed by atoms with Gasteiger partial charge in [-0.2, -0.15) is 0 Å². The number of pyridine rings is 1. The van der Waals surface area contributed by atoms with E-state index in [9.17, 15) is 22.4 Å². The van der Waals surface area contributed by atoms with E-state index in [1.54, 1.807) is 0 Å². The summed E-state index contributed by atoms with van der Waals surface area (Å²) in [5.74, 6) is -0.381. The lowest BCUT2D eigenvalue weighted by molar-refractivity contribution is 0.256. The van der Waals surface area contributed by atoms with Crippen LogP contribution in [0.4, 0.5) is 14.9 Å². The number of halogens is 2. The van der Waals surface area contributed by atoms with Crippen molar-refractivity contribution in [3.05, 3.63) is 69.3 Å². The summed E-state index contributed by atoms with van der Waals surface area (Å²) in [4.78, 5) is 32.8. The first kappa shape index (κ1) is 21.3. The third-order valence-corrected chi connectivity index (χ3v) is 7.57. The van der Waals surface area contributed by atoms with Crippen LogP contribution in [0.5, 0.6) is 0 Å². The molecule has 13 heteroatoms. The van der Waals surface area contributed by atoms with Gasteiger partial charge in [-0.1, -0.05) is 17.8 Å². The Morgan fingerprint density at radius 3 is 2.74 bits per heavy atom. The number of aromatic nitrogens is 3. The largest absolute Gasteiger partial charge is 0.333 e. The smallest absolute Gasteiger partial charge is 0.306 e. The number of amides is 2. The lowest BCUT2D eigenvalue weighted by atomic mass is 10.2. The molecule has 1 atom stereocenters. The first-order valence-electron chi connectivity index (χ1n) is 8.71. The number of allylic oxidation sites excluding steroid dienone is 1. The van der Waals surface area contributed by atoms with Crippen molar-refractivity contribution in [1.29, 1.82) is 0 Å². The Bertz CT molecular complexity index is 1380. The van der Waals surface area contributed by atoms with Crippen LogP contribution < -0.4 is 15.6 Å². The second kappa shape index (κ2) is 8.29. The Morgan fingerprint density at radius 2 is 2.06 bits per heavy atom. The van der Waals surface area contributed by atoms with Crippen molar-refractivity contribution in [2.45, 2.75) is 11.1 Å². The number of carbonyl (C=O) groups excluding carboxylic acids is 1. The number of rotatable bonds is 4. The monoisotopic (exact) mass is 481 g/mol. The average molecular weight is 482 g/mol. The minimum Gasteiger partial charge on any atom is -0.306 e. The molecular formula is C18H13ClFN5O4S2. The van der Waals surface area contributed by atoms with Gasteiger partial charge in [0.1, 0.15) is 22.2 Å². The van der Waals surface area contributed by atoms with Gasteiger partial charge in [0.25, 0.3) is 15.6 Å². The SMILES string of the molecule is O=C(Nc1ccc(-n2cnc3ccc(F)cc3c2=O)nc1)NS(=O)(=O)C1=CCC(Cl)S1. The number of urea groups is 1. The summed E-state index contributed by atoms with van der Waals surface area (Å²) in [5, 5.41) is 2.44. The van der Waals surface area contributed by atoms with E-state index in [0.29, 0.717) is 11.9 Å². The van der Waals surface area contributed by atoms with E-state index in [2.05, 4.69) is 15.3 Å². The van der Waals surface area contributed by atoms with Gasteiger partial charge in [0.05, 0.1) is 27.5 Å². The minimum absolute atomic E-state index is 0.0178. The Labute approximate surface area is 184 Å². The normalized spacial score (nSPS) is 16.2. The maximum Gasteiger partial charge on any atom is 0.333 e. The molecule has 2 N–H and O–H groups in total. The lowest BCUT2D eigenvalue weighted by Crippen LogP contribution is -2.34. The van der Waals surface area contributed by atoms with Crippen LogP contribution in [0.2, 0.25) is 0 Å². The van der Waals surface area contributed by atoms with E-state index in [-0.39, 0.29) is 21.1 Å². The fourth-order valence-corrected chi connectivity index (χ4v) is 5.64. The first-order valence-corrected chi connectivity index (χ1v) is 11.5. The zero-order valence-electron chi connectivity index (χ0n) is 15.5. The molecule has 0 fully saturated rings. The molecule has 1 aromatic carbocycles. The van der Waals surface area contributed by atoms with Crippen LogP contribution in [0, 0.1) is 5.82 Å². The fourth-order valence-electron chi connectivity index (χ4n) is 2.77. The highest BCUT2D eigenvalue weighted by Gasteiger charge is 2.27. The van der Waals surface area contributed by atoms with Crippen LogP contribution in [0.3, 0.4) is 0 Å². The Hall–Kier alpha value is -2.96. The van der Waals surface area contributed by atoms with Gasteiger partial charge < -0.3 is 5.32 Å². The van der Waals surface area contributed by atoms with Crippen molar-refractivity contribution < 1.29 is 17.6 Å². The van der Waals surface area contributed by atoms with Crippen molar-refractivity contribution >= 4 is 56.0 Å². The Kier molecular flexibility index (Phi) is 5.69. The molecule has 31 heavy (non-hydrogen) atoms. The number of fused-ring (bicyclic) bond motifs is 1. The number of alkyl halides is 1. The van der Waals surface area contributed by atoms with E-state index in [1.807, 2.05) is 4.72 Å². The molecule has 2 aromatic heterocycles. The van der Waals surface area contributed by atoms with E-state index in [0.717, 1.165) is 22.4 Å². The van der Waals surface area contributed by atoms with Gasteiger partial charge in [-0.05, 0) is 36.8 Å². The molecule has 1 aliphatic rings. The molecule has 3 heterocycles. The maximum atomic E-state index is 13.5. The number of sulfonamides is 1. The molecule has 0 saturated carbocycles. The molecule has 1 aliphatic heterocycles. The molecule has 1 unspecified atom stereocenters. The molecule has 2 amide bonds. The summed E-state index contributed by atoms with van der Waals surface area (Å²) in [6, 6.07) is 5.57. The van der Waals surface area contributed by atoms with Gasteiger partial charge in [-0.15, -0.1) is 11.6 Å². The van der Waals surface area contributed by atoms with E-state index >= 15 is 0 Å². The summed E-state index contributed by atoms with van der Waals surface area (Å²) < 4.78 is 40.4. The van der Waals surface area contributed by atoms with Crippen LogP contribution in [0.15, 0.2) is 58.0 Å². The van der Waals surface area contributed by atoms with Gasteiger partial charge in [0.15, 0.2) is 0 Å². The number of benzene rings is 1. The van der Waals surface area contributed by atoms with Gasteiger partial charge in [-0.3, -0.25) is 9.36 Å².